The number of rotatable bonds is 8. The molecule has 1 heterocycles. The summed E-state index contributed by atoms with van der Waals surface area (Å²) in [7, 11) is 0. The highest BCUT2D eigenvalue weighted by molar-refractivity contribution is 5.94. The van der Waals surface area contributed by atoms with Gasteiger partial charge >= 0.3 is 0 Å². The predicted molar refractivity (Wildman–Crippen MR) is 106 cm³/mol. The topological polar surface area (TPSA) is 67.9 Å². The molecule has 1 aliphatic rings. The summed E-state index contributed by atoms with van der Waals surface area (Å²) in [6.07, 6.45) is 0. The third-order valence-corrected chi connectivity index (χ3v) is 4.86. The first-order valence-electron chi connectivity index (χ1n) is 9.60. The molecule has 0 aromatic heterocycles. The van der Waals surface area contributed by atoms with Gasteiger partial charge in [-0.15, -0.1) is 0 Å². The van der Waals surface area contributed by atoms with E-state index in [4.69, 9.17) is 9.47 Å². The van der Waals surface area contributed by atoms with Gasteiger partial charge in [-0.3, -0.25) is 14.5 Å². The highest BCUT2D eigenvalue weighted by Gasteiger charge is 2.23. The van der Waals surface area contributed by atoms with Crippen molar-refractivity contribution < 1.29 is 23.5 Å². The number of Topliss-reactive ketones (excluding diaryl/α,β-unsaturated/α-hetero) is 1. The minimum atomic E-state index is -0.289. The number of nitrogens with zero attached hydrogens (tertiary/aromatic N) is 1. The van der Waals surface area contributed by atoms with Crippen molar-refractivity contribution in [3.63, 3.8) is 0 Å². The summed E-state index contributed by atoms with van der Waals surface area (Å²) in [6, 6.07) is 12.9. The fourth-order valence-corrected chi connectivity index (χ4v) is 3.23. The molecule has 7 heteroatoms. The molecule has 1 fully saturated rings. The van der Waals surface area contributed by atoms with Gasteiger partial charge in [-0.2, -0.15) is 0 Å². The molecule has 2 aromatic carbocycles. The summed E-state index contributed by atoms with van der Waals surface area (Å²) in [5.41, 5.74) is 1.53. The van der Waals surface area contributed by atoms with Crippen LogP contribution in [0.5, 0.6) is 5.75 Å². The number of morpholine rings is 1. The van der Waals surface area contributed by atoms with Crippen molar-refractivity contribution in [2.45, 2.75) is 13.0 Å². The Morgan fingerprint density at radius 3 is 2.38 bits per heavy atom. The van der Waals surface area contributed by atoms with Crippen molar-refractivity contribution >= 4 is 11.7 Å². The zero-order valence-electron chi connectivity index (χ0n) is 16.4. The third-order valence-electron chi connectivity index (χ3n) is 4.86. The van der Waals surface area contributed by atoms with E-state index in [1.54, 1.807) is 36.4 Å². The van der Waals surface area contributed by atoms with Gasteiger partial charge in [-0.1, -0.05) is 12.1 Å². The van der Waals surface area contributed by atoms with Gasteiger partial charge in [0.15, 0.2) is 12.4 Å². The Balaban J connectivity index is 1.55. The first-order valence-corrected chi connectivity index (χ1v) is 9.60. The Kier molecular flexibility index (Phi) is 7.32. The van der Waals surface area contributed by atoms with E-state index in [1.165, 1.54) is 19.1 Å². The van der Waals surface area contributed by atoms with E-state index in [0.717, 1.165) is 18.7 Å². The molecule has 6 nitrogen and oxygen atoms in total. The highest BCUT2D eigenvalue weighted by Crippen LogP contribution is 2.21. The second-order valence-electron chi connectivity index (χ2n) is 6.89. The van der Waals surface area contributed by atoms with Crippen LogP contribution in [0.2, 0.25) is 0 Å². The van der Waals surface area contributed by atoms with Gasteiger partial charge in [-0.25, -0.2) is 4.39 Å². The fraction of sp³-hybridized carbons (Fsp3) is 0.364. The van der Waals surface area contributed by atoms with Crippen LogP contribution in [-0.4, -0.2) is 56.0 Å². The molecule has 1 atom stereocenters. The lowest BCUT2D eigenvalue weighted by atomic mass is 10.0. The molecule has 1 unspecified atom stereocenters. The molecule has 1 saturated heterocycles. The average Bonchev–Trinajstić information content (AvgIpc) is 2.74. The van der Waals surface area contributed by atoms with Crippen molar-refractivity contribution in [2.75, 3.05) is 39.5 Å². The summed E-state index contributed by atoms with van der Waals surface area (Å²) in [4.78, 5) is 25.8. The molecule has 0 spiro atoms. The van der Waals surface area contributed by atoms with Gasteiger partial charge in [-0.05, 0) is 48.9 Å². The van der Waals surface area contributed by atoms with E-state index in [1.807, 2.05) is 0 Å². The number of ketones is 1. The Bertz CT molecular complexity index is 818. The van der Waals surface area contributed by atoms with E-state index in [0.29, 0.717) is 31.1 Å². The lowest BCUT2D eigenvalue weighted by Crippen LogP contribution is -2.44. The number of hydrogen-bond donors (Lipinski definition) is 1. The Hall–Kier alpha value is -2.77. The normalized spacial score (nSPS) is 15.5. The summed E-state index contributed by atoms with van der Waals surface area (Å²) in [5.74, 6) is -0.0404. The molecule has 1 amide bonds. The van der Waals surface area contributed by atoms with Crippen molar-refractivity contribution in [1.29, 1.82) is 0 Å². The number of carbonyl (C=O) groups excluding carboxylic acids is 2. The highest BCUT2D eigenvalue weighted by atomic mass is 19.1. The number of benzene rings is 2. The predicted octanol–water partition coefficient (Wildman–Crippen LogP) is 2.60. The van der Waals surface area contributed by atoms with Crippen LogP contribution >= 0.6 is 0 Å². The second-order valence-corrected chi connectivity index (χ2v) is 6.89. The van der Waals surface area contributed by atoms with E-state index < -0.39 is 0 Å². The molecule has 0 bridgehead atoms. The summed E-state index contributed by atoms with van der Waals surface area (Å²) >= 11 is 0. The molecule has 0 aliphatic carbocycles. The molecule has 0 saturated carbocycles. The van der Waals surface area contributed by atoms with Crippen molar-refractivity contribution in [1.82, 2.24) is 10.2 Å². The minimum Gasteiger partial charge on any atom is -0.484 e. The Morgan fingerprint density at radius 2 is 1.76 bits per heavy atom. The van der Waals surface area contributed by atoms with Crippen LogP contribution < -0.4 is 10.1 Å². The van der Waals surface area contributed by atoms with Crippen molar-refractivity contribution in [2.24, 2.45) is 0 Å². The first-order chi connectivity index (χ1) is 14.0. The third kappa shape index (κ3) is 6.10. The van der Waals surface area contributed by atoms with Crippen LogP contribution in [0.15, 0.2) is 48.5 Å². The first kappa shape index (κ1) is 21.0. The monoisotopic (exact) mass is 400 g/mol. The Labute approximate surface area is 169 Å². The standard InChI is InChI=1S/C22H25FN2O4/c1-16(26)17-4-8-20(9-5-17)29-15-22(27)24-14-21(25-10-12-28-13-11-25)18-2-6-19(23)7-3-18/h2-9,21H,10-15H2,1H3,(H,24,27). The maximum atomic E-state index is 13.3. The van der Waals surface area contributed by atoms with Crippen LogP contribution in [-0.2, 0) is 9.53 Å². The second kappa shape index (κ2) is 10.1. The molecule has 1 aliphatic heterocycles. The van der Waals surface area contributed by atoms with Crippen molar-refractivity contribution in [3.05, 3.63) is 65.5 Å². The number of hydrogen-bond acceptors (Lipinski definition) is 5. The number of amides is 1. The molecule has 2 aromatic rings. The molecule has 1 N–H and O–H groups in total. The van der Waals surface area contributed by atoms with Gasteiger partial charge in [0.05, 0.1) is 19.3 Å². The lowest BCUT2D eigenvalue weighted by Gasteiger charge is -2.35. The lowest BCUT2D eigenvalue weighted by molar-refractivity contribution is -0.123. The summed E-state index contributed by atoms with van der Waals surface area (Å²) in [6.45, 7) is 4.51. The van der Waals surface area contributed by atoms with Gasteiger partial charge < -0.3 is 14.8 Å². The smallest absolute Gasteiger partial charge is 0.258 e. The van der Waals surface area contributed by atoms with E-state index in [2.05, 4.69) is 10.2 Å². The van der Waals surface area contributed by atoms with Gasteiger partial charge in [0.2, 0.25) is 0 Å². The maximum Gasteiger partial charge on any atom is 0.258 e. The van der Waals surface area contributed by atoms with Gasteiger partial charge in [0.1, 0.15) is 11.6 Å². The molecule has 3 rings (SSSR count). The summed E-state index contributed by atoms with van der Waals surface area (Å²) < 4.78 is 24.2. The van der Waals surface area contributed by atoms with Gasteiger partial charge in [0.25, 0.3) is 5.91 Å². The van der Waals surface area contributed by atoms with Crippen LogP contribution in [0.4, 0.5) is 4.39 Å². The number of carbonyl (C=O) groups is 2. The molecule has 154 valence electrons. The molecule has 0 radical (unpaired) electrons. The zero-order chi connectivity index (χ0) is 20.6. The quantitative estimate of drug-likeness (QED) is 0.690. The van der Waals surface area contributed by atoms with E-state index in [9.17, 15) is 14.0 Å². The van der Waals surface area contributed by atoms with Crippen LogP contribution in [0, 0.1) is 5.82 Å². The minimum absolute atomic E-state index is 0.0239. The van der Waals surface area contributed by atoms with E-state index >= 15 is 0 Å². The largest absolute Gasteiger partial charge is 0.484 e. The molecular formula is C22H25FN2O4. The van der Waals surface area contributed by atoms with Crippen LogP contribution in [0.1, 0.15) is 28.9 Å². The molecule has 29 heavy (non-hydrogen) atoms. The van der Waals surface area contributed by atoms with Gasteiger partial charge in [0, 0.05) is 25.2 Å². The average molecular weight is 400 g/mol. The molecular weight excluding hydrogens is 375 g/mol. The summed E-state index contributed by atoms with van der Waals surface area (Å²) in [5, 5.41) is 2.90. The maximum absolute atomic E-state index is 13.3. The number of nitrogens with one attached hydrogen (secondary N) is 1. The number of ether oxygens (including phenoxy) is 2. The fourth-order valence-electron chi connectivity index (χ4n) is 3.23. The number of halogens is 1. The SMILES string of the molecule is CC(=O)c1ccc(OCC(=O)NCC(c2ccc(F)cc2)N2CCOCC2)cc1. The van der Waals surface area contributed by atoms with Crippen molar-refractivity contribution in [3.8, 4) is 5.75 Å². The van der Waals surface area contributed by atoms with E-state index in [-0.39, 0.29) is 30.2 Å². The van der Waals surface area contributed by atoms with Crippen LogP contribution in [0.3, 0.4) is 0 Å². The Morgan fingerprint density at radius 1 is 1.10 bits per heavy atom. The van der Waals surface area contributed by atoms with Crippen LogP contribution in [0.25, 0.3) is 0 Å². The zero-order valence-corrected chi connectivity index (χ0v) is 16.4.